The van der Waals surface area contributed by atoms with Crippen LogP contribution in [-0.2, 0) is 21.9 Å². The summed E-state index contributed by atoms with van der Waals surface area (Å²) in [5.41, 5.74) is 3.10. The molecule has 0 aliphatic carbocycles. The standard InChI is InChI=1S/C21H26N2O3S/c1-15-12-17-13-16(10-11-19(17)23(15)27(4,25)26)20(24)22-14-21(2,3)18-8-6-5-7-9-18/h5-11,13,15H,12,14H2,1-4H3,(H,22,24). The molecule has 2 aromatic rings. The van der Waals surface area contributed by atoms with E-state index in [1.54, 1.807) is 12.1 Å². The molecule has 0 saturated carbocycles. The van der Waals surface area contributed by atoms with Crippen LogP contribution in [0.15, 0.2) is 48.5 Å². The molecule has 1 heterocycles. The van der Waals surface area contributed by atoms with Gasteiger partial charge >= 0.3 is 0 Å². The van der Waals surface area contributed by atoms with Crippen LogP contribution in [0.4, 0.5) is 5.69 Å². The van der Waals surface area contributed by atoms with Crippen LogP contribution in [-0.4, -0.2) is 33.2 Å². The molecule has 1 atom stereocenters. The first-order valence-corrected chi connectivity index (χ1v) is 10.9. The lowest BCUT2D eigenvalue weighted by atomic mass is 9.84. The Labute approximate surface area is 161 Å². The Morgan fingerprint density at radius 1 is 1.19 bits per heavy atom. The molecule has 5 nitrogen and oxygen atoms in total. The monoisotopic (exact) mass is 386 g/mol. The van der Waals surface area contributed by atoms with E-state index < -0.39 is 10.0 Å². The van der Waals surface area contributed by atoms with E-state index >= 15 is 0 Å². The van der Waals surface area contributed by atoms with Gasteiger partial charge in [0.25, 0.3) is 5.91 Å². The van der Waals surface area contributed by atoms with E-state index in [4.69, 9.17) is 0 Å². The fraction of sp³-hybridized carbons (Fsp3) is 0.381. The van der Waals surface area contributed by atoms with Gasteiger partial charge in [0.1, 0.15) is 0 Å². The van der Waals surface area contributed by atoms with Crippen molar-refractivity contribution in [3.8, 4) is 0 Å². The number of rotatable bonds is 5. The van der Waals surface area contributed by atoms with E-state index in [-0.39, 0.29) is 17.4 Å². The minimum Gasteiger partial charge on any atom is -0.351 e. The van der Waals surface area contributed by atoms with E-state index in [2.05, 4.69) is 31.3 Å². The summed E-state index contributed by atoms with van der Waals surface area (Å²) in [5, 5.41) is 3.01. The highest BCUT2D eigenvalue weighted by molar-refractivity contribution is 7.92. The summed E-state index contributed by atoms with van der Waals surface area (Å²) in [4.78, 5) is 12.6. The van der Waals surface area contributed by atoms with Gasteiger partial charge in [-0.2, -0.15) is 0 Å². The first-order chi connectivity index (χ1) is 12.6. The van der Waals surface area contributed by atoms with Gasteiger partial charge in [0, 0.05) is 23.6 Å². The van der Waals surface area contributed by atoms with Crippen molar-refractivity contribution in [2.24, 2.45) is 0 Å². The molecule has 2 aromatic carbocycles. The van der Waals surface area contributed by atoms with Crippen molar-refractivity contribution in [1.29, 1.82) is 0 Å². The van der Waals surface area contributed by atoms with E-state index in [0.29, 0.717) is 24.2 Å². The summed E-state index contributed by atoms with van der Waals surface area (Å²) >= 11 is 0. The molecule has 1 aliphatic heterocycles. The zero-order chi connectivity index (χ0) is 19.8. The summed E-state index contributed by atoms with van der Waals surface area (Å²) < 4.78 is 25.5. The van der Waals surface area contributed by atoms with Gasteiger partial charge in [-0.3, -0.25) is 9.10 Å². The molecule has 1 unspecified atom stereocenters. The molecule has 1 N–H and O–H groups in total. The van der Waals surface area contributed by atoms with Gasteiger partial charge in [-0.05, 0) is 42.7 Å². The van der Waals surface area contributed by atoms with Gasteiger partial charge in [0.2, 0.25) is 10.0 Å². The van der Waals surface area contributed by atoms with Gasteiger partial charge < -0.3 is 5.32 Å². The number of amides is 1. The zero-order valence-corrected chi connectivity index (χ0v) is 17.0. The van der Waals surface area contributed by atoms with Crippen LogP contribution >= 0.6 is 0 Å². The van der Waals surface area contributed by atoms with Crippen LogP contribution in [0.5, 0.6) is 0 Å². The van der Waals surface area contributed by atoms with Crippen molar-refractivity contribution in [1.82, 2.24) is 5.32 Å². The molecule has 1 aliphatic rings. The SMILES string of the molecule is CC1Cc2cc(C(=O)NCC(C)(C)c3ccccc3)ccc2N1S(C)(=O)=O. The molecule has 6 heteroatoms. The lowest BCUT2D eigenvalue weighted by Gasteiger charge is -2.25. The predicted octanol–water partition coefficient (Wildman–Crippen LogP) is 3.10. The maximum absolute atomic E-state index is 12.6. The minimum atomic E-state index is -3.33. The average molecular weight is 387 g/mol. The van der Waals surface area contributed by atoms with E-state index in [1.165, 1.54) is 10.6 Å². The largest absolute Gasteiger partial charge is 0.351 e. The summed E-state index contributed by atoms with van der Waals surface area (Å²) in [6.45, 7) is 6.58. The zero-order valence-electron chi connectivity index (χ0n) is 16.2. The number of hydrogen-bond acceptors (Lipinski definition) is 3. The van der Waals surface area contributed by atoms with Gasteiger partial charge in [-0.25, -0.2) is 8.42 Å². The Morgan fingerprint density at radius 3 is 2.48 bits per heavy atom. The maximum atomic E-state index is 12.6. The summed E-state index contributed by atoms with van der Waals surface area (Å²) in [5.74, 6) is -0.146. The summed E-state index contributed by atoms with van der Waals surface area (Å²) in [7, 11) is -3.33. The van der Waals surface area contributed by atoms with Crippen molar-refractivity contribution >= 4 is 21.6 Å². The number of carbonyl (C=O) groups is 1. The van der Waals surface area contributed by atoms with Crippen LogP contribution < -0.4 is 9.62 Å². The lowest BCUT2D eigenvalue weighted by Crippen LogP contribution is -2.36. The minimum absolute atomic E-state index is 0.134. The number of nitrogens with zero attached hydrogens (tertiary/aromatic N) is 1. The van der Waals surface area contributed by atoms with Crippen molar-refractivity contribution in [2.75, 3.05) is 17.1 Å². The Morgan fingerprint density at radius 2 is 1.85 bits per heavy atom. The van der Waals surface area contributed by atoms with Gasteiger partial charge in [0.05, 0.1) is 11.9 Å². The van der Waals surface area contributed by atoms with Crippen molar-refractivity contribution in [2.45, 2.75) is 38.6 Å². The molecule has 0 aromatic heterocycles. The Balaban J connectivity index is 1.75. The van der Waals surface area contributed by atoms with Crippen LogP contribution in [0.1, 0.15) is 42.3 Å². The van der Waals surface area contributed by atoms with E-state index in [9.17, 15) is 13.2 Å². The number of anilines is 1. The Kier molecular flexibility index (Phi) is 5.04. The summed E-state index contributed by atoms with van der Waals surface area (Å²) in [6, 6.07) is 15.2. The molecule has 1 amide bonds. The van der Waals surface area contributed by atoms with Crippen molar-refractivity contribution < 1.29 is 13.2 Å². The molecule has 3 rings (SSSR count). The Bertz CT molecular complexity index is 953. The third kappa shape index (κ3) is 4.00. The smallest absolute Gasteiger partial charge is 0.251 e. The number of carbonyl (C=O) groups excluding carboxylic acids is 1. The highest BCUT2D eigenvalue weighted by Crippen LogP contribution is 2.34. The van der Waals surface area contributed by atoms with Crippen LogP contribution in [0.3, 0.4) is 0 Å². The molecular weight excluding hydrogens is 360 g/mol. The molecule has 0 spiro atoms. The molecule has 27 heavy (non-hydrogen) atoms. The predicted molar refractivity (Wildman–Crippen MR) is 109 cm³/mol. The second-order valence-electron chi connectivity index (χ2n) is 7.89. The lowest BCUT2D eigenvalue weighted by molar-refractivity contribution is 0.0945. The first-order valence-electron chi connectivity index (χ1n) is 9.06. The fourth-order valence-electron chi connectivity index (χ4n) is 3.64. The first kappa shape index (κ1) is 19.4. The number of hydrogen-bond donors (Lipinski definition) is 1. The van der Waals surface area contributed by atoms with Gasteiger partial charge in [-0.1, -0.05) is 44.2 Å². The highest BCUT2D eigenvalue weighted by Gasteiger charge is 2.33. The quantitative estimate of drug-likeness (QED) is 0.859. The number of fused-ring (bicyclic) bond motifs is 1. The van der Waals surface area contributed by atoms with E-state index in [0.717, 1.165) is 11.1 Å². The number of nitrogens with one attached hydrogen (secondary N) is 1. The molecule has 0 radical (unpaired) electrons. The molecule has 0 bridgehead atoms. The highest BCUT2D eigenvalue weighted by atomic mass is 32.2. The number of sulfonamides is 1. The van der Waals surface area contributed by atoms with Crippen LogP contribution in [0.2, 0.25) is 0 Å². The fourth-order valence-corrected chi connectivity index (χ4v) is 4.91. The molecule has 144 valence electrons. The maximum Gasteiger partial charge on any atom is 0.251 e. The normalized spacial score (nSPS) is 16.9. The van der Waals surface area contributed by atoms with E-state index in [1.807, 2.05) is 31.2 Å². The Hall–Kier alpha value is -2.34. The van der Waals surface area contributed by atoms with Gasteiger partial charge in [0.15, 0.2) is 0 Å². The average Bonchev–Trinajstić information content (AvgIpc) is 2.95. The van der Waals surface area contributed by atoms with Crippen molar-refractivity contribution in [3.05, 3.63) is 65.2 Å². The van der Waals surface area contributed by atoms with Crippen LogP contribution in [0, 0.1) is 0 Å². The number of benzene rings is 2. The topological polar surface area (TPSA) is 66.5 Å². The summed E-state index contributed by atoms with van der Waals surface area (Å²) in [6.07, 6.45) is 1.82. The second kappa shape index (κ2) is 7.00. The third-order valence-corrected chi connectivity index (χ3v) is 6.37. The van der Waals surface area contributed by atoms with Crippen LogP contribution in [0.25, 0.3) is 0 Å². The second-order valence-corrected chi connectivity index (χ2v) is 9.75. The third-order valence-electron chi connectivity index (χ3n) is 5.10. The molecule has 0 fully saturated rings. The van der Waals surface area contributed by atoms with Crippen molar-refractivity contribution in [3.63, 3.8) is 0 Å². The molecule has 0 saturated heterocycles. The molecular formula is C21H26N2O3S. The van der Waals surface area contributed by atoms with Gasteiger partial charge in [-0.15, -0.1) is 0 Å².